The highest BCUT2D eigenvalue weighted by atomic mass is 16.5. The van der Waals surface area contributed by atoms with E-state index >= 15 is 0 Å². The third kappa shape index (κ3) is 4.21. The van der Waals surface area contributed by atoms with Gasteiger partial charge >= 0.3 is 0 Å². The first-order chi connectivity index (χ1) is 14.1. The van der Waals surface area contributed by atoms with Gasteiger partial charge in [-0.25, -0.2) is 9.97 Å². The Balaban J connectivity index is 1.31. The fourth-order valence-electron chi connectivity index (χ4n) is 3.60. The van der Waals surface area contributed by atoms with E-state index in [9.17, 15) is 9.59 Å². The molecule has 0 saturated carbocycles. The Labute approximate surface area is 168 Å². The number of carbonyl (C=O) groups excluding carboxylic acids is 2. The number of hydrogen-bond acceptors (Lipinski definition) is 5. The van der Waals surface area contributed by atoms with E-state index in [4.69, 9.17) is 4.74 Å². The molecule has 0 unspecified atom stereocenters. The second-order valence-electron chi connectivity index (χ2n) is 7.07. The first-order valence-electron chi connectivity index (χ1n) is 9.64. The maximum atomic E-state index is 12.6. The number of methoxy groups -OCH3 is 1. The van der Waals surface area contributed by atoms with E-state index in [1.54, 1.807) is 36.2 Å². The van der Waals surface area contributed by atoms with Crippen LogP contribution >= 0.6 is 0 Å². The summed E-state index contributed by atoms with van der Waals surface area (Å²) < 4.78 is 7.04. The van der Waals surface area contributed by atoms with Crippen molar-refractivity contribution in [3.8, 4) is 5.75 Å². The maximum absolute atomic E-state index is 12.6. The van der Waals surface area contributed by atoms with Gasteiger partial charge in [-0.2, -0.15) is 0 Å². The van der Waals surface area contributed by atoms with Crippen LogP contribution in [0.1, 0.15) is 28.9 Å². The minimum Gasteiger partial charge on any atom is -0.496 e. The average Bonchev–Trinajstić information content (AvgIpc) is 3.19. The number of carbonyl (C=O) groups is 2. The average molecular weight is 393 g/mol. The van der Waals surface area contributed by atoms with Crippen LogP contribution in [0.2, 0.25) is 0 Å². The fourth-order valence-corrected chi connectivity index (χ4v) is 3.60. The zero-order chi connectivity index (χ0) is 20.2. The Kier molecular flexibility index (Phi) is 5.41. The lowest BCUT2D eigenvalue weighted by molar-refractivity contribution is -0.131. The molecule has 0 radical (unpaired) electrons. The third-order valence-corrected chi connectivity index (χ3v) is 5.19. The second kappa shape index (κ2) is 8.30. The van der Waals surface area contributed by atoms with E-state index in [-0.39, 0.29) is 17.9 Å². The van der Waals surface area contributed by atoms with E-state index in [1.807, 2.05) is 29.2 Å². The van der Waals surface area contributed by atoms with Crippen molar-refractivity contribution in [2.75, 3.05) is 20.2 Å². The lowest BCUT2D eigenvalue weighted by atomic mass is 10.0. The molecule has 1 aromatic carbocycles. The molecule has 3 aromatic rings. The normalized spacial score (nSPS) is 14.7. The predicted octanol–water partition coefficient (Wildman–Crippen LogP) is 1.70. The van der Waals surface area contributed by atoms with Crippen LogP contribution in [0.25, 0.3) is 5.78 Å². The highest BCUT2D eigenvalue weighted by Crippen LogP contribution is 2.20. The van der Waals surface area contributed by atoms with Gasteiger partial charge < -0.3 is 15.0 Å². The smallest absolute Gasteiger partial charge is 0.271 e. The van der Waals surface area contributed by atoms with Gasteiger partial charge in [0.25, 0.3) is 5.91 Å². The number of para-hydroxylation sites is 1. The van der Waals surface area contributed by atoms with Crippen molar-refractivity contribution in [2.24, 2.45) is 0 Å². The van der Waals surface area contributed by atoms with E-state index in [2.05, 4.69) is 15.3 Å². The number of ether oxygens (including phenoxy) is 1. The monoisotopic (exact) mass is 393 g/mol. The molecule has 0 atom stereocenters. The second-order valence-corrected chi connectivity index (χ2v) is 7.07. The molecule has 3 heterocycles. The molecule has 0 aliphatic carbocycles. The van der Waals surface area contributed by atoms with E-state index in [0.29, 0.717) is 31.0 Å². The van der Waals surface area contributed by atoms with Crippen molar-refractivity contribution in [3.63, 3.8) is 0 Å². The van der Waals surface area contributed by atoms with Crippen LogP contribution in [0.3, 0.4) is 0 Å². The van der Waals surface area contributed by atoms with Gasteiger partial charge in [0.05, 0.1) is 13.5 Å². The minimum atomic E-state index is -0.214. The van der Waals surface area contributed by atoms with E-state index in [1.165, 1.54) is 0 Å². The molecule has 8 nitrogen and oxygen atoms in total. The minimum absolute atomic E-state index is 0.0237. The molecule has 8 heteroatoms. The number of likely N-dealkylation sites (tertiary alicyclic amines) is 1. The quantitative estimate of drug-likeness (QED) is 0.713. The Morgan fingerprint density at radius 1 is 1.21 bits per heavy atom. The van der Waals surface area contributed by atoms with Crippen LogP contribution in [-0.4, -0.2) is 57.3 Å². The molecule has 1 aliphatic heterocycles. The van der Waals surface area contributed by atoms with Crippen molar-refractivity contribution in [2.45, 2.75) is 25.3 Å². The van der Waals surface area contributed by atoms with Crippen LogP contribution in [-0.2, 0) is 11.2 Å². The molecule has 150 valence electrons. The van der Waals surface area contributed by atoms with Gasteiger partial charge in [-0.1, -0.05) is 18.2 Å². The third-order valence-electron chi connectivity index (χ3n) is 5.19. The lowest BCUT2D eigenvalue weighted by Gasteiger charge is -2.32. The number of amides is 2. The van der Waals surface area contributed by atoms with Gasteiger partial charge in [0.1, 0.15) is 11.4 Å². The highest BCUT2D eigenvalue weighted by Gasteiger charge is 2.25. The SMILES string of the molecule is COc1ccccc1CC(=O)N1CCC(NC(=O)c2cn3cccnc3n2)CC1. The summed E-state index contributed by atoms with van der Waals surface area (Å²) in [7, 11) is 1.61. The Morgan fingerprint density at radius 2 is 2.00 bits per heavy atom. The number of fused-ring (bicyclic) bond motifs is 1. The van der Waals surface area contributed by atoms with Gasteiger partial charge in [0, 0.05) is 43.3 Å². The number of nitrogens with one attached hydrogen (secondary N) is 1. The number of nitrogens with zero attached hydrogens (tertiary/aromatic N) is 4. The Morgan fingerprint density at radius 3 is 2.76 bits per heavy atom. The summed E-state index contributed by atoms with van der Waals surface area (Å²) in [6.07, 6.45) is 6.86. The molecule has 1 aliphatic rings. The van der Waals surface area contributed by atoms with Gasteiger partial charge in [-0.05, 0) is 25.0 Å². The molecular formula is C21H23N5O3. The topological polar surface area (TPSA) is 88.8 Å². The van der Waals surface area contributed by atoms with Gasteiger partial charge in [0.2, 0.25) is 11.7 Å². The molecule has 4 rings (SSSR count). The summed E-state index contributed by atoms with van der Waals surface area (Å²) in [5.74, 6) is 1.08. The fraction of sp³-hybridized carbons (Fsp3) is 0.333. The van der Waals surface area contributed by atoms with Crippen molar-refractivity contribution in [3.05, 3.63) is 60.2 Å². The van der Waals surface area contributed by atoms with E-state index < -0.39 is 0 Å². The van der Waals surface area contributed by atoms with Crippen LogP contribution in [0.4, 0.5) is 0 Å². The van der Waals surface area contributed by atoms with Gasteiger partial charge in [-0.3, -0.25) is 14.0 Å². The molecular weight excluding hydrogens is 370 g/mol. The number of piperidine rings is 1. The Hall–Kier alpha value is -3.42. The molecule has 0 bridgehead atoms. The summed E-state index contributed by atoms with van der Waals surface area (Å²) in [5, 5.41) is 3.02. The molecule has 1 saturated heterocycles. The number of aromatic nitrogens is 3. The number of hydrogen-bond donors (Lipinski definition) is 1. The Bertz CT molecular complexity index is 991. The summed E-state index contributed by atoms with van der Waals surface area (Å²) in [6.45, 7) is 1.23. The molecule has 1 N–H and O–H groups in total. The zero-order valence-corrected chi connectivity index (χ0v) is 16.2. The van der Waals surface area contributed by atoms with Crippen molar-refractivity contribution in [1.29, 1.82) is 0 Å². The summed E-state index contributed by atoms with van der Waals surface area (Å²) in [5.41, 5.74) is 1.23. The first-order valence-corrected chi connectivity index (χ1v) is 9.64. The lowest BCUT2D eigenvalue weighted by Crippen LogP contribution is -2.47. The summed E-state index contributed by atoms with van der Waals surface area (Å²) in [6, 6.07) is 9.37. The van der Waals surface area contributed by atoms with Gasteiger partial charge in [0.15, 0.2) is 0 Å². The van der Waals surface area contributed by atoms with Gasteiger partial charge in [-0.15, -0.1) is 0 Å². The van der Waals surface area contributed by atoms with Crippen LogP contribution in [0.5, 0.6) is 5.75 Å². The number of imidazole rings is 1. The first kappa shape index (κ1) is 18.9. The van der Waals surface area contributed by atoms with Crippen molar-refractivity contribution < 1.29 is 14.3 Å². The predicted molar refractivity (Wildman–Crippen MR) is 107 cm³/mol. The maximum Gasteiger partial charge on any atom is 0.271 e. The van der Waals surface area contributed by atoms with E-state index in [0.717, 1.165) is 24.2 Å². The molecule has 2 amide bonds. The summed E-state index contributed by atoms with van der Waals surface area (Å²) >= 11 is 0. The number of rotatable bonds is 5. The number of benzene rings is 1. The molecule has 0 spiro atoms. The van der Waals surface area contributed by atoms with Crippen LogP contribution in [0.15, 0.2) is 48.9 Å². The molecule has 1 fully saturated rings. The molecule has 2 aromatic heterocycles. The highest BCUT2D eigenvalue weighted by molar-refractivity contribution is 5.93. The standard InChI is InChI=1S/C21H23N5O3/c1-29-18-6-3-2-5-15(18)13-19(27)25-11-7-16(8-12-25)23-20(28)17-14-26-10-4-9-22-21(26)24-17/h2-6,9-10,14,16H,7-8,11-13H2,1H3,(H,23,28). The van der Waals surface area contributed by atoms with Crippen molar-refractivity contribution >= 4 is 17.6 Å². The summed E-state index contributed by atoms with van der Waals surface area (Å²) in [4.78, 5) is 35.4. The zero-order valence-electron chi connectivity index (χ0n) is 16.2. The largest absolute Gasteiger partial charge is 0.496 e. The molecule has 29 heavy (non-hydrogen) atoms. The van der Waals surface area contributed by atoms with Crippen LogP contribution in [0, 0.1) is 0 Å². The van der Waals surface area contributed by atoms with Crippen LogP contribution < -0.4 is 10.1 Å². The van der Waals surface area contributed by atoms with Crippen molar-refractivity contribution in [1.82, 2.24) is 24.6 Å².